The molecular weight excluding hydrogens is 478 g/mol. The molecular formula is C21H27F6O5S-. The van der Waals surface area contributed by atoms with E-state index in [0.717, 1.165) is 51.4 Å². The molecule has 0 aliphatic heterocycles. The van der Waals surface area contributed by atoms with Crippen molar-refractivity contribution in [2.45, 2.75) is 75.7 Å². The highest BCUT2D eigenvalue weighted by Crippen LogP contribution is 2.64. The summed E-state index contributed by atoms with van der Waals surface area (Å²) in [5, 5.41) is 0. The lowest BCUT2D eigenvalue weighted by atomic mass is 9.42. The summed E-state index contributed by atoms with van der Waals surface area (Å²) in [5.41, 5.74) is -5.38. The molecule has 12 heteroatoms. The average Bonchev–Trinajstić information content (AvgIpc) is 2.70. The van der Waals surface area contributed by atoms with Crippen LogP contribution in [-0.4, -0.2) is 42.6 Å². The van der Waals surface area contributed by atoms with E-state index in [1.165, 1.54) is 0 Å². The topological polar surface area (TPSA) is 83.5 Å². The van der Waals surface area contributed by atoms with E-state index in [0.29, 0.717) is 11.8 Å². The second-order valence-corrected chi connectivity index (χ2v) is 11.7. The molecule has 5 saturated carbocycles. The standard InChI is InChI=1S/C21H28F6O5S/c22-20(23,24)19(21(25,26)27,10-33(29,30)31)32-18(28)16-9-15-11-5-1-3-7-13(11)17(16)14-8-4-2-6-12(14)15/h11-17H,1-10H2,(H,29,30,31)/p-1. The van der Waals surface area contributed by atoms with Crippen molar-refractivity contribution in [3.63, 3.8) is 0 Å². The van der Waals surface area contributed by atoms with Crippen molar-refractivity contribution < 1.29 is 48.8 Å². The Hall–Kier alpha value is -1.04. The zero-order chi connectivity index (χ0) is 24.4. The molecule has 5 fully saturated rings. The lowest BCUT2D eigenvalue weighted by molar-refractivity contribution is -0.363. The van der Waals surface area contributed by atoms with Gasteiger partial charge in [0.1, 0.15) is 0 Å². The molecule has 0 radical (unpaired) electrons. The normalized spacial score (nSPS) is 37.2. The Bertz CT molecular complexity index is 831. The largest absolute Gasteiger partial charge is 0.748 e. The van der Waals surface area contributed by atoms with Gasteiger partial charge < -0.3 is 9.29 Å². The van der Waals surface area contributed by atoms with Gasteiger partial charge >= 0.3 is 23.9 Å². The van der Waals surface area contributed by atoms with Crippen molar-refractivity contribution in [1.82, 2.24) is 0 Å². The lowest BCUT2D eigenvalue weighted by Gasteiger charge is -2.62. The molecule has 5 nitrogen and oxygen atoms in total. The van der Waals surface area contributed by atoms with Gasteiger partial charge in [0.25, 0.3) is 0 Å². The summed E-state index contributed by atoms with van der Waals surface area (Å²) >= 11 is 0. The highest BCUT2D eigenvalue weighted by atomic mass is 32.2. The number of carbonyl (C=O) groups is 1. The Kier molecular flexibility index (Phi) is 6.28. The quantitative estimate of drug-likeness (QED) is 0.311. The molecule has 33 heavy (non-hydrogen) atoms. The van der Waals surface area contributed by atoms with Crippen LogP contribution in [0, 0.1) is 41.4 Å². The van der Waals surface area contributed by atoms with Crippen molar-refractivity contribution in [2.75, 3.05) is 5.75 Å². The predicted molar refractivity (Wildman–Crippen MR) is 101 cm³/mol. The van der Waals surface area contributed by atoms with Crippen LogP contribution in [0.5, 0.6) is 0 Å². The van der Waals surface area contributed by atoms with Crippen LogP contribution in [-0.2, 0) is 19.6 Å². The number of alkyl halides is 6. The molecule has 5 aliphatic carbocycles. The van der Waals surface area contributed by atoms with Crippen LogP contribution < -0.4 is 0 Å². The fourth-order valence-corrected chi connectivity index (χ4v) is 8.53. The summed E-state index contributed by atoms with van der Waals surface area (Å²) in [6.45, 7) is 0. The average molecular weight is 505 g/mol. The molecule has 0 saturated heterocycles. The first-order valence-electron chi connectivity index (χ1n) is 11.5. The Labute approximate surface area is 188 Å². The van der Waals surface area contributed by atoms with Gasteiger partial charge in [0.15, 0.2) is 0 Å². The molecule has 0 heterocycles. The zero-order valence-corrected chi connectivity index (χ0v) is 18.6. The van der Waals surface area contributed by atoms with Crippen LogP contribution in [0.15, 0.2) is 0 Å². The molecule has 5 atom stereocenters. The van der Waals surface area contributed by atoms with Crippen LogP contribution in [0.25, 0.3) is 0 Å². The third-order valence-corrected chi connectivity index (χ3v) is 9.46. The zero-order valence-electron chi connectivity index (χ0n) is 17.8. The van der Waals surface area contributed by atoms with E-state index in [1.54, 1.807) is 0 Å². The Morgan fingerprint density at radius 3 is 1.61 bits per heavy atom. The van der Waals surface area contributed by atoms with Crippen molar-refractivity contribution in [3.8, 4) is 0 Å². The highest BCUT2D eigenvalue weighted by molar-refractivity contribution is 7.85. The first-order valence-corrected chi connectivity index (χ1v) is 13.0. The van der Waals surface area contributed by atoms with Gasteiger partial charge in [0.2, 0.25) is 0 Å². The van der Waals surface area contributed by atoms with Crippen LogP contribution in [0.3, 0.4) is 0 Å². The summed E-state index contributed by atoms with van der Waals surface area (Å²) in [6.07, 6.45) is -5.23. The molecule has 5 aliphatic rings. The van der Waals surface area contributed by atoms with Crippen LogP contribution >= 0.6 is 0 Å². The molecule has 190 valence electrons. The minimum atomic E-state index is -6.33. The molecule has 0 spiro atoms. The number of hydrogen-bond acceptors (Lipinski definition) is 5. The first-order chi connectivity index (χ1) is 15.2. The van der Waals surface area contributed by atoms with E-state index in [4.69, 9.17) is 0 Å². The fraction of sp³-hybridized carbons (Fsp3) is 0.952. The van der Waals surface area contributed by atoms with Crippen molar-refractivity contribution in [1.29, 1.82) is 0 Å². The van der Waals surface area contributed by atoms with Gasteiger partial charge in [0, 0.05) is 0 Å². The van der Waals surface area contributed by atoms with Gasteiger partial charge in [-0.05, 0) is 67.6 Å². The third-order valence-electron chi connectivity index (χ3n) is 8.70. The first kappa shape index (κ1) is 25.1. The van der Waals surface area contributed by atoms with Gasteiger partial charge in [-0.2, -0.15) is 26.3 Å². The van der Waals surface area contributed by atoms with E-state index in [1.807, 2.05) is 0 Å². The maximum absolute atomic E-state index is 13.7. The van der Waals surface area contributed by atoms with Crippen molar-refractivity contribution in [3.05, 3.63) is 0 Å². The van der Waals surface area contributed by atoms with Gasteiger partial charge in [-0.15, -0.1) is 0 Å². The fourth-order valence-electron chi connectivity index (χ4n) is 7.65. The monoisotopic (exact) mass is 505 g/mol. The summed E-state index contributed by atoms with van der Waals surface area (Å²) in [6, 6.07) is 0. The van der Waals surface area contributed by atoms with E-state index in [9.17, 15) is 44.1 Å². The minimum Gasteiger partial charge on any atom is -0.748 e. The number of rotatable bonds is 4. The Balaban J connectivity index is 1.69. The lowest BCUT2D eigenvalue weighted by Crippen LogP contribution is -2.65. The summed E-state index contributed by atoms with van der Waals surface area (Å²) in [4.78, 5) is 13.0. The second kappa shape index (κ2) is 8.27. The summed E-state index contributed by atoms with van der Waals surface area (Å²) in [5.74, 6) is -5.40. The molecule has 0 aromatic carbocycles. The van der Waals surface area contributed by atoms with Gasteiger partial charge in [-0.3, -0.25) is 4.79 Å². The Morgan fingerprint density at radius 1 is 0.788 bits per heavy atom. The van der Waals surface area contributed by atoms with E-state index in [2.05, 4.69) is 4.74 Å². The molecule has 0 N–H and O–H groups in total. The number of fused-ring (bicyclic) bond motifs is 1. The number of ether oxygens (including phenoxy) is 1. The van der Waals surface area contributed by atoms with Crippen LogP contribution in [0.2, 0.25) is 0 Å². The van der Waals surface area contributed by atoms with Crippen LogP contribution in [0.1, 0.15) is 57.8 Å². The Morgan fingerprint density at radius 2 is 1.21 bits per heavy atom. The molecule has 0 amide bonds. The molecule has 2 bridgehead atoms. The molecule has 0 aromatic rings. The number of esters is 1. The molecule has 5 unspecified atom stereocenters. The molecule has 0 aromatic heterocycles. The molecule has 5 rings (SSSR count). The third kappa shape index (κ3) is 4.27. The van der Waals surface area contributed by atoms with E-state index < -0.39 is 45.7 Å². The summed E-state index contributed by atoms with van der Waals surface area (Å²) < 4.78 is 119. The second-order valence-electron chi connectivity index (χ2n) is 10.3. The van der Waals surface area contributed by atoms with Gasteiger partial charge in [-0.25, -0.2) is 8.42 Å². The SMILES string of the molecule is O=C(OC(CS(=O)(=O)[O-])(C(F)(F)F)C(F)(F)F)C1CC2C3CCCCC3C1C1CCCCC21. The van der Waals surface area contributed by atoms with E-state index in [-0.39, 0.29) is 30.1 Å². The minimum absolute atomic E-state index is 0.0394. The van der Waals surface area contributed by atoms with Crippen LogP contribution in [0.4, 0.5) is 26.3 Å². The maximum Gasteiger partial charge on any atom is 0.438 e. The smallest absolute Gasteiger partial charge is 0.438 e. The maximum atomic E-state index is 13.7. The number of carbonyl (C=O) groups excluding carboxylic acids is 1. The summed E-state index contributed by atoms with van der Waals surface area (Å²) in [7, 11) is -6.04. The number of hydrogen-bond donors (Lipinski definition) is 0. The van der Waals surface area contributed by atoms with Gasteiger partial charge in [0.05, 0.1) is 21.8 Å². The predicted octanol–water partition coefficient (Wildman–Crippen LogP) is 4.82. The highest BCUT2D eigenvalue weighted by Gasteiger charge is 2.75. The van der Waals surface area contributed by atoms with Crippen molar-refractivity contribution >= 4 is 16.1 Å². The van der Waals surface area contributed by atoms with E-state index >= 15 is 0 Å². The van der Waals surface area contributed by atoms with Crippen molar-refractivity contribution in [2.24, 2.45) is 41.4 Å². The number of halogens is 6. The van der Waals surface area contributed by atoms with Gasteiger partial charge in [-0.1, -0.05) is 25.7 Å².